The number of nitrogens with zero attached hydrogens (tertiary/aromatic N) is 1. The summed E-state index contributed by atoms with van der Waals surface area (Å²) in [4.78, 5) is 31.2. The summed E-state index contributed by atoms with van der Waals surface area (Å²) in [6.45, 7) is 5.62. The van der Waals surface area contributed by atoms with Crippen molar-refractivity contribution in [3.63, 3.8) is 0 Å². The van der Waals surface area contributed by atoms with Crippen molar-refractivity contribution in [3.05, 3.63) is 108 Å². The van der Waals surface area contributed by atoms with Gasteiger partial charge in [0.1, 0.15) is 11.5 Å². The number of rotatable bonds is 6. The van der Waals surface area contributed by atoms with Gasteiger partial charge in [-0.05, 0) is 55.5 Å². The van der Waals surface area contributed by atoms with Crippen LogP contribution in [0.3, 0.4) is 0 Å². The van der Waals surface area contributed by atoms with E-state index in [9.17, 15) is 19.8 Å². The van der Waals surface area contributed by atoms with Crippen molar-refractivity contribution in [1.29, 1.82) is 0 Å². The van der Waals surface area contributed by atoms with E-state index in [1.165, 1.54) is 24.3 Å². The lowest BCUT2D eigenvalue weighted by atomic mass is 9.81. The average Bonchev–Trinajstić information content (AvgIpc) is 2.82. The Morgan fingerprint density at radius 2 is 1.58 bits per heavy atom. The Hall–Kier alpha value is -4.65. The fraction of sp³-hybridized carbons (Fsp3) is 0.0385. The van der Waals surface area contributed by atoms with E-state index in [1.54, 1.807) is 42.8 Å². The van der Waals surface area contributed by atoms with E-state index in [2.05, 4.69) is 22.2 Å². The zero-order valence-corrected chi connectivity index (χ0v) is 17.8. The number of carbonyl (C=O) groups is 2. The summed E-state index contributed by atoms with van der Waals surface area (Å²) in [5, 5.41) is 27.2. The third kappa shape index (κ3) is 3.87. The first-order chi connectivity index (χ1) is 16.0. The molecule has 1 aliphatic rings. The van der Waals surface area contributed by atoms with Crippen LogP contribution in [0.4, 0.5) is 17.1 Å². The number of nitrogens with one attached hydrogen (secondary N) is 2. The first-order valence-electron chi connectivity index (χ1n) is 10.2. The number of hydrogen-bond acceptors (Lipinski definition) is 7. The van der Waals surface area contributed by atoms with Gasteiger partial charge in [0.05, 0.1) is 45.5 Å². The predicted molar refractivity (Wildman–Crippen MR) is 127 cm³/mol. The molecule has 33 heavy (non-hydrogen) atoms. The van der Waals surface area contributed by atoms with E-state index >= 15 is 0 Å². The van der Waals surface area contributed by atoms with Crippen LogP contribution in [0.2, 0.25) is 0 Å². The molecule has 7 heteroatoms. The number of fused-ring (bicyclic) bond motifs is 2. The molecule has 0 saturated carbocycles. The van der Waals surface area contributed by atoms with Gasteiger partial charge in [0.15, 0.2) is 0 Å². The highest BCUT2D eigenvalue weighted by atomic mass is 16.3. The minimum Gasteiger partial charge on any atom is -0.507 e. The van der Waals surface area contributed by atoms with Gasteiger partial charge in [-0.15, -0.1) is 0 Å². The number of phenolic OH excluding ortho intramolecular Hbond substituents is 2. The minimum atomic E-state index is -0.584. The predicted octanol–water partition coefficient (Wildman–Crippen LogP) is 5.07. The molecule has 1 heterocycles. The van der Waals surface area contributed by atoms with Gasteiger partial charge in [0.2, 0.25) is 11.6 Å². The number of benzene rings is 2. The summed E-state index contributed by atoms with van der Waals surface area (Å²) in [6, 6.07) is 9.19. The van der Waals surface area contributed by atoms with Gasteiger partial charge in [0, 0.05) is 11.9 Å². The molecule has 0 amide bonds. The molecule has 0 radical (unpaired) electrons. The van der Waals surface area contributed by atoms with Crippen molar-refractivity contribution >= 4 is 28.6 Å². The molecule has 3 aromatic rings. The lowest BCUT2D eigenvalue weighted by molar-refractivity contribution is 0.0975. The summed E-state index contributed by atoms with van der Waals surface area (Å²) in [5.41, 5.74) is 1.51. The number of anilines is 3. The molecule has 0 fully saturated rings. The Balaban J connectivity index is 1.88. The lowest BCUT2D eigenvalue weighted by Crippen LogP contribution is -2.24. The highest BCUT2D eigenvalue weighted by molar-refractivity contribution is 6.33. The first-order valence-corrected chi connectivity index (χ1v) is 10.2. The van der Waals surface area contributed by atoms with Crippen molar-refractivity contribution in [1.82, 2.24) is 4.98 Å². The number of aromatic nitrogens is 1. The number of hydrogen-bond donors (Lipinski definition) is 4. The van der Waals surface area contributed by atoms with Crippen LogP contribution in [0.25, 0.3) is 0 Å². The molecule has 1 aliphatic carbocycles. The molecule has 0 bridgehead atoms. The Kier molecular flexibility index (Phi) is 5.78. The maximum absolute atomic E-state index is 13.6. The monoisotopic (exact) mass is 439 g/mol. The number of ketones is 2. The van der Waals surface area contributed by atoms with Crippen molar-refractivity contribution in [2.45, 2.75) is 6.92 Å². The number of aromatic hydroxyl groups is 2. The van der Waals surface area contributed by atoms with Crippen molar-refractivity contribution in [2.75, 3.05) is 10.6 Å². The Bertz CT molecular complexity index is 1340. The van der Waals surface area contributed by atoms with Crippen LogP contribution in [0.1, 0.15) is 38.8 Å². The molecule has 0 unspecified atom stereocenters. The smallest absolute Gasteiger partial charge is 0.200 e. The van der Waals surface area contributed by atoms with E-state index in [4.69, 9.17) is 0 Å². The summed E-state index contributed by atoms with van der Waals surface area (Å²) in [6.07, 6.45) is 10.1. The Labute approximate surface area is 190 Å². The van der Waals surface area contributed by atoms with Gasteiger partial charge >= 0.3 is 0 Å². The van der Waals surface area contributed by atoms with Crippen molar-refractivity contribution in [2.24, 2.45) is 0 Å². The molecule has 0 spiro atoms. The van der Waals surface area contributed by atoms with E-state index in [-0.39, 0.29) is 33.8 Å². The van der Waals surface area contributed by atoms with E-state index in [1.807, 2.05) is 13.0 Å². The SMILES string of the molecule is C=C/C(=C\C=C/C)Nc1ccc(O)c2c1C(=O)c1c(O)ccc(Nc3cccnc3)c1C2=O. The fourth-order valence-corrected chi connectivity index (χ4v) is 3.68. The normalized spacial score (nSPS) is 12.9. The highest BCUT2D eigenvalue weighted by Crippen LogP contribution is 2.43. The number of carbonyl (C=O) groups excluding carboxylic acids is 2. The maximum Gasteiger partial charge on any atom is 0.200 e. The fourth-order valence-electron chi connectivity index (χ4n) is 3.68. The Morgan fingerprint density at radius 1 is 0.939 bits per heavy atom. The molecule has 7 nitrogen and oxygen atoms in total. The average molecular weight is 439 g/mol. The third-order valence-electron chi connectivity index (χ3n) is 5.18. The first kappa shape index (κ1) is 21.6. The van der Waals surface area contributed by atoms with Gasteiger partial charge in [-0.2, -0.15) is 0 Å². The second kappa shape index (κ2) is 8.84. The van der Waals surface area contributed by atoms with Crippen LogP contribution < -0.4 is 10.6 Å². The summed E-state index contributed by atoms with van der Waals surface area (Å²) >= 11 is 0. The van der Waals surface area contributed by atoms with E-state index in [0.717, 1.165) is 0 Å². The third-order valence-corrected chi connectivity index (χ3v) is 5.18. The second-order valence-electron chi connectivity index (χ2n) is 7.27. The summed E-state index contributed by atoms with van der Waals surface area (Å²) < 4.78 is 0. The minimum absolute atomic E-state index is 0.0165. The van der Waals surface area contributed by atoms with E-state index < -0.39 is 11.6 Å². The zero-order valence-electron chi connectivity index (χ0n) is 17.8. The maximum atomic E-state index is 13.6. The van der Waals surface area contributed by atoms with E-state index in [0.29, 0.717) is 22.8 Å². The highest BCUT2D eigenvalue weighted by Gasteiger charge is 2.38. The molecule has 2 aromatic carbocycles. The molecule has 164 valence electrons. The van der Waals surface area contributed by atoms with Crippen LogP contribution in [0, 0.1) is 0 Å². The topological polar surface area (TPSA) is 112 Å². The van der Waals surface area contributed by atoms with Gasteiger partial charge in [-0.1, -0.05) is 18.7 Å². The molecule has 1 aromatic heterocycles. The van der Waals surface area contributed by atoms with Crippen LogP contribution in [-0.4, -0.2) is 26.8 Å². The van der Waals surface area contributed by atoms with Crippen LogP contribution >= 0.6 is 0 Å². The van der Waals surface area contributed by atoms with Gasteiger partial charge in [0.25, 0.3) is 0 Å². The number of allylic oxidation sites excluding steroid dienone is 4. The van der Waals surface area contributed by atoms with Gasteiger partial charge < -0.3 is 20.8 Å². The molecular weight excluding hydrogens is 418 g/mol. The van der Waals surface area contributed by atoms with Gasteiger partial charge in [-0.3, -0.25) is 14.6 Å². The Morgan fingerprint density at radius 3 is 2.15 bits per heavy atom. The summed E-state index contributed by atoms with van der Waals surface area (Å²) in [7, 11) is 0. The molecule has 0 saturated heterocycles. The van der Waals surface area contributed by atoms with Crippen LogP contribution in [0.5, 0.6) is 11.5 Å². The molecule has 4 rings (SSSR count). The molecule has 0 aliphatic heterocycles. The van der Waals surface area contributed by atoms with Crippen LogP contribution in [-0.2, 0) is 0 Å². The standard InChI is InChI=1S/C26H21N3O4/c1-3-5-7-15(4-2)28-17-9-11-19(30)23-21(17)25(32)24-20(31)12-10-18(22(24)26(23)33)29-16-8-6-13-27-14-16/h3-14,28-31H,2H2,1H3/b5-3-,15-7+. The number of pyridine rings is 1. The summed E-state index contributed by atoms with van der Waals surface area (Å²) in [5.74, 6) is -1.82. The van der Waals surface area contributed by atoms with Crippen LogP contribution in [0.15, 0.2) is 85.4 Å². The second-order valence-corrected chi connectivity index (χ2v) is 7.27. The lowest BCUT2D eigenvalue weighted by Gasteiger charge is -2.24. The zero-order chi connectivity index (χ0) is 23.5. The quantitative estimate of drug-likeness (QED) is 0.245. The number of phenols is 2. The van der Waals surface area contributed by atoms with Crippen molar-refractivity contribution < 1.29 is 19.8 Å². The molecule has 4 N–H and O–H groups in total. The van der Waals surface area contributed by atoms with Crippen molar-refractivity contribution in [3.8, 4) is 11.5 Å². The van der Waals surface area contributed by atoms with Gasteiger partial charge in [-0.25, -0.2) is 0 Å². The molecule has 0 atom stereocenters. The molecular formula is C26H21N3O4. The largest absolute Gasteiger partial charge is 0.507 e.